The number of hydrogen-bond donors (Lipinski definition) is 3. The van der Waals surface area contributed by atoms with E-state index in [1.807, 2.05) is 13.8 Å². The van der Waals surface area contributed by atoms with E-state index in [9.17, 15) is 14.7 Å². The normalized spacial score (nSPS) is 15.6. The van der Waals surface area contributed by atoms with Gasteiger partial charge < -0.3 is 0 Å². The van der Waals surface area contributed by atoms with Crippen molar-refractivity contribution < 1.29 is 14.7 Å². The van der Waals surface area contributed by atoms with E-state index in [-0.39, 0.29) is 12.3 Å². The van der Waals surface area contributed by atoms with Gasteiger partial charge in [0.1, 0.15) is 0 Å². The zero-order chi connectivity index (χ0) is 9.69. The Balaban J connectivity index is 3.90. The average Bonchev–Trinajstić information content (AvgIpc) is 1.97. The van der Waals surface area contributed by atoms with Crippen molar-refractivity contribution in [2.75, 3.05) is 12.3 Å². The first kappa shape index (κ1) is 12.3. The Morgan fingerprint density at radius 2 is 1.17 bits per heavy atom. The molecular formula is C8H21O3P. The molecule has 0 bridgehead atoms. The average molecular weight is 196 g/mol. The number of unbranched alkanes of at least 4 members (excludes halogenated alkanes) is 2. The third-order valence-corrected chi connectivity index (χ3v) is 4.40. The van der Waals surface area contributed by atoms with Crippen molar-refractivity contribution in [1.82, 2.24) is 0 Å². The molecule has 4 heteroatoms. The summed E-state index contributed by atoms with van der Waals surface area (Å²) in [4.78, 5) is 28.5. The van der Waals surface area contributed by atoms with Crippen LogP contribution in [0.15, 0.2) is 0 Å². The van der Waals surface area contributed by atoms with Gasteiger partial charge in [-0.3, -0.25) is 0 Å². The van der Waals surface area contributed by atoms with Crippen LogP contribution in [0.1, 0.15) is 39.5 Å². The van der Waals surface area contributed by atoms with Crippen LogP contribution in [0.2, 0.25) is 0 Å². The second-order valence-corrected chi connectivity index (χ2v) is 7.07. The molecule has 0 spiro atoms. The van der Waals surface area contributed by atoms with Crippen molar-refractivity contribution in [3.63, 3.8) is 0 Å². The van der Waals surface area contributed by atoms with Crippen molar-refractivity contribution in [3.8, 4) is 0 Å². The Kier molecular flexibility index (Phi) is 4.64. The quantitative estimate of drug-likeness (QED) is 0.568. The Bertz CT molecular complexity index is 116. The number of rotatable bonds is 6. The minimum atomic E-state index is -4.21. The standard InChI is InChI=1S/C8H21O3P/c1-3-5-7-12(9,10,11)8-6-4-2/h9-11H,3-8H2,1-2H3. The monoisotopic (exact) mass is 196 g/mol. The maximum atomic E-state index is 9.48. The van der Waals surface area contributed by atoms with Crippen molar-refractivity contribution in [3.05, 3.63) is 0 Å². The summed E-state index contributed by atoms with van der Waals surface area (Å²) in [5.41, 5.74) is 0. The van der Waals surface area contributed by atoms with E-state index < -0.39 is 7.28 Å². The third-order valence-electron chi connectivity index (χ3n) is 1.94. The van der Waals surface area contributed by atoms with Crippen LogP contribution in [0.4, 0.5) is 0 Å². The van der Waals surface area contributed by atoms with Gasteiger partial charge in [-0.25, -0.2) is 0 Å². The van der Waals surface area contributed by atoms with Gasteiger partial charge in [0.15, 0.2) is 0 Å². The second kappa shape index (κ2) is 4.52. The summed E-state index contributed by atoms with van der Waals surface area (Å²) in [5.74, 6) is 0. The first-order chi connectivity index (χ1) is 5.39. The Morgan fingerprint density at radius 3 is 1.42 bits per heavy atom. The molecule has 0 radical (unpaired) electrons. The molecule has 3 nitrogen and oxygen atoms in total. The Hall–Kier alpha value is 0.310. The molecule has 3 N–H and O–H groups in total. The number of hydrogen-bond acceptors (Lipinski definition) is 3. The fourth-order valence-corrected chi connectivity index (χ4v) is 3.23. The topological polar surface area (TPSA) is 60.7 Å². The Morgan fingerprint density at radius 1 is 0.833 bits per heavy atom. The molecule has 0 heterocycles. The van der Waals surface area contributed by atoms with Gasteiger partial charge in [-0.2, -0.15) is 0 Å². The van der Waals surface area contributed by atoms with E-state index in [1.54, 1.807) is 0 Å². The zero-order valence-corrected chi connectivity index (χ0v) is 8.93. The molecule has 0 aliphatic carbocycles. The van der Waals surface area contributed by atoms with Crippen LogP contribution in [0.5, 0.6) is 0 Å². The molecule has 0 aromatic rings. The van der Waals surface area contributed by atoms with Crippen LogP contribution >= 0.6 is 7.28 Å². The molecule has 0 aromatic carbocycles. The van der Waals surface area contributed by atoms with Crippen molar-refractivity contribution >= 4 is 7.28 Å². The third kappa shape index (κ3) is 5.90. The van der Waals surface area contributed by atoms with Gasteiger partial charge in [0, 0.05) is 0 Å². The predicted octanol–water partition coefficient (Wildman–Crippen LogP) is 1.86. The SMILES string of the molecule is CCCCP(O)(O)(O)CCCC. The molecule has 0 aliphatic heterocycles. The van der Waals surface area contributed by atoms with Gasteiger partial charge in [0.25, 0.3) is 0 Å². The summed E-state index contributed by atoms with van der Waals surface area (Å²) in [7, 11) is -4.21. The summed E-state index contributed by atoms with van der Waals surface area (Å²) >= 11 is 0. The van der Waals surface area contributed by atoms with Crippen LogP contribution in [-0.2, 0) is 0 Å². The van der Waals surface area contributed by atoms with Crippen LogP contribution in [0, 0.1) is 0 Å². The van der Waals surface area contributed by atoms with Crippen LogP contribution in [0.3, 0.4) is 0 Å². The van der Waals surface area contributed by atoms with Crippen molar-refractivity contribution in [1.29, 1.82) is 0 Å². The van der Waals surface area contributed by atoms with E-state index in [4.69, 9.17) is 0 Å². The van der Waals surface area contributed by atoms with E-state index >= 15 is 0 Å². The van der Waals surface area contributed by atoms with Crippen LogP contribution in [-0.4, -0.2) is 27.0 Å². The molecule has 0 saturated heterocycles. The van der Waals surface area contributed by atoms with E-state index in [0.29, 0.717) is 12.8 Å². The van der Waals surface area contributed by atoms with Gasteiger partial charge in [0.05, 0.1) is 0 Å². The minimum absolute atomic E-state index is 0.169. The predicted molar refractivity (Wildman–Crippen MR) is 53.1 cm³/mol. The van der Waals surface area contributed by atoms with Crippen LogP contribution in [0.25, 0.3) is 0 Å². The summed E-state index contributed by atoms with van der Waals surface area (Å²) in [5, 5.41) is 0. The summed E-state index contributed by atoms with van der Waals surface area (Å²) in [6.45, 7) is 3.93. The van der Waals surface area contributed by atoms with Gasteiger partial charge in [-0.1, -0.05) is 0 Å². The molecule has 0 fully saturated rings. The molecule has 12 heavy (non-hydrogen) atoms. The van der Waals surface area contributed by atoms with Crippen molar-refractivity contribution in [2.24, 2.45) is 0 Å². The fraction of sp³-hybridized carbons (Fsp3) is 1.00. The van der Waals surface area contributed by atoms with E-state index in [0.717, 1.165) is 12.8 Å². The molecule has 76 valence electrons. The van der Waals surface area contributed by atoms with Crippen molar-refractivity contribution in [2.45, 2.75) is 39.5 Å². The molecule has 0 amide bonds. The van der Waals surface area contributed by atoms with Crippen LogP contribution < -0.4 is 0 Å². The van der Waals surface area contributed by atoms with Gasteiger partial charge >= 0.3 is 73.8 Å². The molecule has 0 rings (SSSR count). The molecule has 0 saturated carbocycles. The second-order valence-electron chi connectivity index (χ2n) is 3.49. The van der Waals surface area contributed by atoms with Gasteiger partial charge in [-0.15, -0.1) is 0 Å². The summed E-state index contributed by atoms with van der Waals surface area (Å²) < 4.78 is 0. The molecule has 0 unspecified atom stereocenters. The zero-order valence-electron chi connectivity index (χ0n) is 8.03. The van der Waals surface area contributed by atoms with Gasteiger partial charge in [-0.05, 0) is 0 Å². The van der Waals surface area contributed by atoms with E-state index in [1.165, 1.54) is 0 Å². The first-order valence-corrected chi connectivity index (χ1v) is 7.11. The Labute approximate surface area is 74.6 Å². The maximum absolute atomic E-state index is 9.48. The summed E-state index contributed by atoms with van der Waals surface area (Å²) in [6.07, 6.45) is 3.47. The summed E-state index contributed by atoms with van der Waals surface area (Å²) in [6, 6.07) is 0. The fourth-order valence-electron chi connectivity index (χ4n) is 1.08. The van der Waals surface area contributed by atoms with E-state index in [2.05, 4.69) is 0 Å². The molecular weight excluding hydrogens is 175 g/mol. The molecule has 0 aromatic heterocycles. The molecule has 0 aliphatic rings. The first-order valence-electron chi connectivity index (χ1n) is 4.65. The molecule has 0 atom stereocenters. The van der Waals surface area contributed by atoms with Gasteiger partial charge in [0.2, 0.25) is 0 Å².